The molecule has 0 unspecified atom stereocenters. The van der Waals surface area contributed by atoms with Gasteiger partial charge in [0.15, 0.2) is 0 Å². The fourth-order valence-corrected chi connectivity index (χ4v) is 2.89. The van der Waals surface area contributed by atoms with Crippen molar-refractivity contribution in [2.75, 3.05) is 13.1 Å². The Morgan fingerprint density at radius 3 is 2.75 bits per heavy atom. The van der Waals surface area contributed by atoms with Gasteiger partial charge in [-0.25, -0.2) is 0 Å². The standard InChI is InChI=1S/C15H18ClN3.ClH/c16-14-4-3-11(15-13(14)2-1-7-18-15)10-19-8-5-12(17)6-9-19;/h1-4,7,12H,5-6,8-10,17H2;1H. The predicted octanol–water partition coefficient (Wildman–Crippen LogP) is 3.23. The molecule has 1 aromatic carbocycles. The molecule has 0 amide bonds. The molecule has 1 aromatic heterocycles. The quantitative estimate of drug-likeness (QED) is 0.926. The van der Waals surface area contributed by atoms with Gasteiger partial charge in [0.1, 0.15) is 0 Å². The summed E-state index contributed by atoms with van der Waals surface area (Å²) in [5.41, 5.74) is 8.21. The Bertz CT molecular complexity index is 580. The van der Waals surface area contributed by atoms with Crippen LogP contribution >= 0.6 is 24.0 Å². The van der Waals surface area contributed by atoms with E-state index in [9.17, 15) is 0 Å². The number of nitrogens with two attached hydrogens (primary N) is 1. The van der Waals surface area contributed by atoms with Gasteiger partial charge in [-0.15, -0.1) is 12.4 Å². The molecule has 0 atom stereocenters. The van der Waals surface area contributed by atoms with E-state index in [2.05, 4.69) is 16.0 Å². The Balaban J connectivity index is 0.00000147. The van der Waals surface area contributed by atoms with Gasteiger partial charge < -0.3 is 5.73 Å². The third kappa shape index (κ3) is 3.23. The number of aromatic nitrogens is 1. The highest BCUT2D eigenvalue weighted by atomic mass is 35.5. The lowest BCUT2D eigenvalue weighted by molar-refractivity contribution is 0.206. The highest BCUT2D eigenvalue weighted by molar-refractivity contribution is 6.35. The van der Waals surface area contributed by atoms with Crippen LogP contribution in [0.25, 0.3) is 10.9 Å². The van der Waals surface area contributed by atoms with E-state index in [0.717, 1.165) is 48.4 Å². The zero-order chi connectivity index (χ0) is 13.2. The highest BCUT2D eigenvalue weighted by Crippen LogP contribution is 2.26. The number of piperidine rings is 1. The van der Waals surface area contributed by atoms with Crippen LogP contribution in [0.15, 0.2) is 30.5 Å². The van der Waals surface area contributed by atoms with E-state index in [0.29, 0.717) is 6.04 Å². The molecular weight excluding hydrogens is 293 g/mol. The maximum Gasteiger partial charge on any atom is 0.0761 e. The Morgan fingerprint density at radius 1 is 1.25 bits per heavy atom. The van der Waals surface area contributed by atoms with Crippen LogP contribution in [0.3, 0.4) is 0 Å². The first-order valence-electron chi connectivity index (χ1n) is 6.74. The first kappa shape index (κ1) is 15.5. The largest absolute Gasteiger partial charge is 0.328 e. The van der Waals surface area contributed by atoms with Crippen molar-refractivity contribution in [3.05, 3.63) is 41.0 Å². The topological polar surface area (TPSA) is 42.1 Å². The monoisotopic (exact) mass is 311 g/mol. The molecule has 1 aliphatic heterocycles. The number of pyridine rings is 1. The Morgan fingerprint density at radius 2 is 2.00 bits per heavy atom. The molecule has 0 bridgehead atoms. The van der Waals surface area contributed by atoms with Gasteiger partial charge in [0.05, 0.1) is 5.52 Å². The second-order valence-corrected chi connectivity index (χ2v) is 5.63. The molecule has 1 aliphatic rings. The molecule has 5 heteroatoms. The van der Waals surface area contributed by atoms with Gasteiger partial charge in [0, 0.05) is 29.2 Å². The number of halogens is 2. The molecule has 2 aromatic rings. The van der Waals surface area contributed by atoms with Crippen molar-refractivity contribution in [3.8, 4) is 0 Å². The average molecular weight is 312 g/mol. The van der Waals surface area contributed by atoms with Gasteiger partial charge in [-0.1, -0.05) is 17.7 Å². The Kier molecular flexibility index (Phi) is 5.22. The van der Waals surface area contributed by atoms with Gasteiger partial charge in [0.25, 0.3) is 0 Å². The van der Waals surface area contributed by atoms with E-state index in [4.69, 9.17) is 17.3 Å². The molecule has 0 saturated carbocycles. The molecule has 1 fully saturated rings. The number of benzene rings is 1. The summed E-state index contributed by atoms with van der Waals surface area (Å²) in [7, 11) is 0. The van der Waals surface area contributed by atoms with E-state index in [-0.39, 0.29) is 12.4 Å². The van der Waals surface area contributed by atoms with Crippen molar-refractivity contribution in [2.45, 2.75) is 25.4 Å². The minimum Gasteiger partial charge on any atom is -0.328 e. The zero-order valence-corrected chi connectivity index (χ0v) is 12.8. The summed E-state index contributed by atoms with van der Waals surface area (Å²) in [5.74, 6) is 0. The Hall–Kier alpha value is -0.870. The molecular formula is C15H19Cl2N3. The van der Waals surface area contributed by atoms with Crippen LogP contribution in [0.5, 0.6) is 0 Å². The predicted molar refractivity (Wildman–Crippen MR) is 86.5 cm³/mol. The number of likely N-dealkylation sites (tertiary alicyclic amines) is 1. The summed E-state index contributed by atoms with van der Waals surface area (Å²) in [6.45, 7) is 3.06. The smallest absolute Gasteiger partial charge is 0.0761 e. The maximum atomic E-state index is 6.22. The fourth-order valence-electron chi connectivity index (χ4n) is 2.68. The zero-order valence-electron chi connectivity index (χ0n) is 11.3. The van der Waals surface area contributed by atoms with Crippen LogP contribution in [0.4, 0.5) is 0 Å². The van der Waals surface area contributed by atoms with Gasteiger partial charge in [-0.3, -0.25) is 9.88 Å². The molecule has 0 spiro atoms. The van der Waals surface area contributed by atoms with Crippen LogP contribution in [-0.4, -0.2) is 29.0 Å². The number of rotatable bonds is 2. The van der Waals surface area contributed by atoms with E-state index in [1.54, 1.807) is 0 Å². The summed E-state index contributed by atoms with van der Waals surface area (Å²) in [6, 6.07) is 8.39. The second kappa shape index (κ2) is 6.72. The van der Waals surface area contributed by atoms with Crippen LogP contribution < -0.4 is 5.73 Å². The van der Waals surface area contributed by atoms with Crippen molar-refractivity contribution >= 4 is 34.9 Å². The molecule has 2 heterocycles. The van der Waals surface area contributed by atoms with Gasteiger partial charge >= 0.3 is 0 Å². The molecule has 0 aliphatic carbocycles. The summed E-state index contributed by atoms with van der Waals surface area (Å²) < 4.78 is 0. The van der Waals surface area contributed by atoms with Crippen molar-refractivity contribution in [1.82, 2.24) is 9.88 Å². The average Bonchev–Trinajstić information content (AvgIpc) is 2.45. The molecule has 20 heavy (non-hydrogen) atoms. The number of hydrogen-bond donors (Lipinski definition) is 1. The summed E-state index contributed by atoms with van der Waals surface area (Å²) in [6.07, 6.45) is 3.99. The number of nitrogens with zero attached hydrogens (tertiary/aromatic N) is 2. The van der Waals surface area contributed by atoms with Gasteiger partial charge in [0.2, 0.25) is 0 Å². The van der Waals surface area contributed by atoms with Crippen LogP contribution in [0.2, 0.25) is 5.02 Å². The summed E-state index contributed by atoms with van der Waals surface area (Å²) in [4.78, 5) is 6.93. The molecule has 0 radical (unpaired) electrons. The lowest BCUT2D eigenvalue weighted by atomic mass is 10.0. The van der Waals surface area contributed by atoms with Gasteiger partial charge in [-0.2, -0.15) is 0 Å². The van der Waals surface area contributed by atoms with Gasteiger partial charge in [-0.05, 0) is 49.7 Å². The fraction of sp³-hybridized carbons (Fsp3) is 0.400. The minimum absolute atomic E-state index is 0. The number of fused-ring (bicyclic) bond motifs is 1. The normalized spacial score (nSPS) is 17.1. The lowest BCUT2D eigenvalue weighted by Crippen LogP contribution is -2.39. The molecule has 3 rings (SSSR count). The van der Waals surface area contributed by atoms with E-state index in [1.165, 1.54) is 5.56 Å². The SMILES string of the molecule is Cl.NC1CCN(Cc2ccc(Cl)c3cccnc23)CC1. The van der Waals surface area contributed by atoms with Crippen molar-refractivity contribution in [3.63, 3.8) is 0 Å². The van der Waals surface area contributed by atoms with Crippen LogP contribution in [-0.2, 0) is 6.54 Å². The molecule has 108 valence electrons. The highest BCUT2D eigenvalue weighted by Gasteiger charge is 2.17. The maximum absolute atomic E-state index is 6.22. The summed E-state index contributed by atoms with van der Waals surface area (Å²) >= 11 is 6.22. The minimum atomic E-state index is 0. The number of hydrogen-bond acceptors (Lipinski definition) is 3. The molecule has 1 saturated heterocycles. The van der Waals surface area contributed by atoms with E-state index >= 15 is 0 Å². The summed E-state index contributed by atoms with van der Waals surface area (Å²) in [5, 5.41) is 1.81. The first-order valence-corrected chi connectivity index (χ1v) is 7.12. The van der Waals surface area contributed by atoms with Crippen molar-refractivity contribution in [1.29, 1.82) is 0 Å². The van der Waals surface area contributed by atoms with E-state index < -0.39 is 0 Å². The van der Waals surface area contributed by atoms with Crippen molar-refractivity contribution in [2.24, 2.45) is 5.73 Å². The molecule has 3 nitrogen and oxygen atoms in total. The third-order valence-electron chi connectivity index (χ3n) is 3.83. The first-order chi connectivity index (χ1) is 9.24. The van der Waals surface area contributed by atoms with E-state index in [1.807, 2.05) is 24.4 Å². The second-order valence-electron chi connectivity index (χ2n) is 5.22. The Labute approximate surface area is 130 Å². The molecule has 2 N–H and O–H groups in total. The third-order valence-corrected chi connectivity index (χ3v) is 4.16. The van der Waals surface area contributed by atoms with Crippen LogP contribution in [0.1, 0.15) is 18.4 Å². The van der Waals surface area contributed by atoms with Crippen LogP contribution in [0, 0.1) is 0 Å². The van der Waals surface area contributed by atoms with Crippen molar-refractivity contribution < 1.29 is 0 Å². The lowest BCUT2D eigenvalue weighted by Gasteiger charge is -2.30.